The van der Waals surface area contributed by atoms with Crippen LogP contribution >= 0.6 is 11.6 Å². The number of alkyl halides is 1. The predicted octanol–water partition coefficient (Wildman–Crippen LogP) is 4.48. The molecule has 0 saturated heterocycles. The Labute approximate surface area is 126 Å². The lowest BCUT2D eigenvalue weighted by Crippen LogP contribution is -2.37. The second-order valence-corrected chi connectivity index (χ2v) is 5.92. The molecule has 4 heteroatoms. The monoisotopic (exact) mass is 294 g/mol. The van der Waals surface area contributed by atoms with E-state index >= 15 is 0 Å². The van der Waals surface area contributed by atoms with Gasteiger partial charge < -0.3 is 10.6 Å². The van der Waals surface area contributed by atoms with Gasteiger partial charge in [0.15, 0.2) is 0 Å². The highest BCUT2D eigenvalue weighted by atomic mass is 35.5. The molecule has 20 heavy (non-hydrogen) atoms. The first-order valence-electron chi connectivity index (χ1n) is 7.42. The number of anilines is 1. The zero-order valence-electron chi connectivity index (χ0n) is 12.0. The summed E-state index contributed by atoms with van der Waals surface area (Å²) in [6.45, 7) is 1.87. The maximum atomic E-state index is 11.7. The Bertz CT molecular complexity index is 427. The van der Waals surface area contributed by atoms with Crippen molar-refractivity contribution in [3.63, 3.8) is 0 Å². The number of rotatable bonds is 4. The van der Waals surface area contributed by atoms with Crippen molar-refractivity contribution in [1.82, 2.24) is 5.32 Å². The number of hydrogen-bond acceptors (Lipinski definition) is 1. The van der Waals surface area contributed by atoms with Crippen molar-refractivity contribution in [3.05, 3.63) is 29.8 Å². The summed E-state index contributed by atoms with van der Waals surface area (Å²) in [5.74, 6) is 1.11. The Balaban J connectivity index is 1.89. The zero-order valence-corrected chi connectivity index (χ0v) is 12.7. The lowest BCUT2D eigenvalue weighted by molar-refractivity contribution is 0.250. The summed E-state index contributed by atoms with van der Waals surface area (Å²) in [6, 6.07) is 8.00. The van der Waals surface area contributed by atoms with Gasteiger partial charge in [-0.1, -0.05) is 31.4 Å². The summed E-state index contributed by atoms with van der Waals surface area (Å²) in [5, 5.41) is 5.60. The molecule has 1 saturated carbocycles. The quantitative estimate of drug-likeness (QED) is 0.790. The minimum atomic E-state index is -0.205. The molecule has 2 rings (SSSR count). The highest BCUT2D eigenvalue weighted by molar-refractivity contribution is 6.18. The van der Waals surface area contributed by atoms with Gasteiger partial charge in [0.25, 0.3) is 0 Å². The van der Waals surface area contributed by atoms with E-state index in [0.29, 0.717) is 11.8 Å². The first-order chi connectivity index (χ1) is 9.69. The van der Waals surface area contributed by atoms with E-state index in [0.717, 1.165) is 5.69 Å². The van der Waals surface area contributed by atoms with Crippen LogP contribution in [0.4, 0.5) is 10.5 Å². The Morgan fingerprint density at radius 2 is 1.90 bits per heavy atom. The summed E-state index contributed by atoms with van der Waals surface area (Å²) in [7, 11) is 0. The van der Waals surface area contributed by atoms with Crippen LogP contribution in [0.5, 0.6) is 0 Å². The topological polar surface area (TPSA) is 41.1 Å². The van der Waals surface area contributed by atoms with Gasteiger partial charge in [0.05, 0.1) is 0 Å². The summed E-state index contributed by atoms with van der Waals surface area (Å²) >= 11 is 5.66. The van der Waals surface area contributed by atoms with E-state index in [1.165, 1.54) is 37.7 Å². The normalized spacial score (nSPS) is 17.5. The molecule has 2 amide bonds. The second-order valence-electron chi connectivity index (χ2n) is 5.61. The summed E-state index contributed by atoms with van der Waals surface area (Å²) in [5.41, 5.74) is 2.22. The molecule has 2 N–H and O–H groups in total. The summed E-state index contributed by atoms with van der Waals surface area (Å²) in [4.78, 5) is 11.7. The van der Waals surface area contributed by atoms with Crippen LogP contribution in [-0.2, 0) is 0 Å². The number of amides is 2. The van der Waals surface area contributed by atoms with Gasteiger partial charge >= 0.3 is 6.03 Å². The maximum Gasteiger partial charge on any atom is 0.319 e. The molecular weight excluding hydrogens is 272 g/mol. The molecule has 0 aromatic heterocycles. The molecule has 1 fully saturated rings. The van der Waals surface area contributed by atoms with Crippen molar-refractivity contribution in [2.24, 2.45) is 0 Å². The number of urea groups is 1. The minimum absolute atomic E-state index is 0.0295. The molecule has 1 aromatic carbocycles. The minimum Gasteiger partial charge on any atom is -0.334 e. The third kappa shape index (κ3) is 4.41. The van der Waals surface area contributed by atoms with Crippen LogP contribution in [0.3, 0.4) is 0 Å². The highest BCUT2D eigenvalue weighted by Gasteiger charge is 2.15. The third-order valence-corrected chi connectivity index (χ3v) is 4.32. The van der Waals surface area contributed by atoms with Gasteiger partial charge in [-0.25, -0.2) is 4.79 Å². The average molecular weight is 295 g/mol. The zero-order chi connectivity index (χ0) is 14.4. The van der Waals surface area contributed by atoms with Crippen molar-refractivity contribution in [2.45, 2.75) is 51.0 Å². The Morgan fingerprint density at radius 1 is 1.25 bits per heavy atom. The van der Waals surface area contributed by atoms with Crippen LogP contribution in [0.2, 0.25) is 0 Å². The van der Waals surface area contributed by atoms with Gasteiger partial charge in [-0.05, 0) is 43.4 Å². The highest BCUT2D eigenvalue weighted by Crippen LogP contribution is 2.32. The molecule has 1 atom stereocenters. The second kappa shape index (κ2) is 7.53. The number of hydrogen-bond donors (Lipinski definition) is 2. The fourth-order valence-corrected chi connectivity index (χ4v) is 2.78. The van der Waals surface area contributed by atoms with Gasteiger partial charge in [-0.2, -0.15) is 0 Å². The number of nitrogens with one attached hydrogen (secondary N) is 2. The predicted molar refractivity (Wildman–Crippen MR) is 84.6 cm³/mol. The Kier molecular flexibility index (Phi) is 5.72. The fourth-order valence-electron chi connectivity index (χ4n) is 2.70. The average Bonchev–Trinajstić information content (AvgIpc) is 2.48. The van der Waals surface area contributed by atoms with Gasteiger partial charge in [0.1, 0.15) is 0 Å². The summed E-state index contributed by atoms with van der Waals surface area (Å²) < 4.78 is 0. The molecule has 0 heterocycles. The smallest absolute Gasteiger partial charge is 0.319 e. The Hall–Kier alpha value is -1.22. The number of carbonyl (C=O) groups excluding carboxylic acids is 1. The molecule has 0 aliphatic heterocycles. The lowest BCUT2D eigenvalue weighted by Gasteiger charge is -2.22. The van der Waals surface area contributed by atoms with Crippen molar-refractivity contribution in [2.75, 3.05) is 11.2 Å². The SMILES string of the molecule is CC(CCl)NC(=O)Nc1ccc(C2CCCCC2)cc1. The van der Waals surface area contributed by atoms with Gasteiger partial charge in [0.2, 0.25) is 0 Å². The van der Waals surface area contributed by atoms with Crippen molar-refractivity contribution in [3.8, 4) is 0 Å². The van der Waals surface area contributed by atoms with E-state index < -0.39 is 0 Å². The standard InChI is InChI=1S/C16H23ClN2O/c1-12(11-17)18-16(20)19-15-9-7-14(8-10-15)13-5-3-2-4-6-13/h7-10,12-13H,2-6,11H2,1H3,(H2,18,19,20). The first kappa shape index (κ1) is 15.2. The molecule has 110 valence electrons. The molecule has 3 nitrogen and oxygen atoms in total. The number of halogens is 1. The van der Waals surface area contributed by atoms with Crippen molar-refractivity contribution >= 4 is 23.3 Å². The van der Waals surface area contributed by atoms with Crippen LogP contribution in [0.25, 0.3) is 0 Å². The van der Waals surface area contributed by atoms with E-state index in [2.05, 4.69) is 22.8 Å². The molecule has 1 aliphatic rings. The van der Waals surface area contributed by atoms with Gasteiger partial charge in [-0.15, -0.1) is 11.6 Å². The first-order valence-corrected chi connectivity index (χ1v) is 7.96. The fraction of sp³-hybridized carbons (Fsp3) is 0.562. The van der Waals surface area contributed by atoms with Crippen LogP contribution < -0.4 is 10.6 Å². The molecule has 1 unspecified atom stereocenters. The van der Waals surface area contributed by atoms with Crippen LogP contribution in [-0.4, -0.2) is 18.0 Å². The molecule has 1 aromatic rings. The Morgan fingerprint density at radius 3 is 2.50 bits per heavy atom. The summed E-state index contributed by atoms with van der Waals surface area (Å²) in [6.07, 6.45) is 6.63. The lowest BCUT2D eigenvalue weighted by atomic mass is 9.84. The maximum absolute atomic E-state index is 11.7. The molecule has 0 radical (unpaired) electrons. The molecule has 1 aliphatic carbocycles. The number of benzene rings is 1. The van der Waals surface area contributed by atoms with E-state index in [4.69, 9.17) is 11.6 Å². The molecule has 0 spiro atoms. The van der Waals surface area contributed by atoms with Crippen molar-refractivity contribution in [1.29, 1.82) is 0 Å². The van der Waals surface area contributed by atoms with Crippen LogP contribution in [0.15, 0.2) is 24.3 Å². The number of carbonyl (C=O) groups is 1. The largest absolute Gasteiger partial charge is 0.334 e. The molecular formula is C16H23ClN2O. The van der Waals surface area contributed by atoms with Crippen molar-refractivity contribution < 1.29 is 4.79 Å². The van der Waals surface area contributed by atoms with Gasteiger partial charge in [0, 0.05) is 17.6 Å². The van der Waals surface area contributed by atoms with E-state index in [9.17, 15) is 4.79 Å². The van der Waals surface area contributed by atoms with Gasteiger partial charge in [-0.3, -0.25) is 0 Å². The van der Waals surface area contributed by atoms with E-state index in [-0.39, 0.29) is 12.1 Å². The van der Waals surface area contributed by atoms with E-state index in [1.807, 2.05) is 19.1 Å². The third-order valence-electron chi connectivity index (χ3n) is 3.85. The van der Waals surface area contributed by atoms with E-state index in [1.54, 1.807) is 0 Å². The molecule has 0 bridgehead atoms. The van der Waals surface area contributed by atoms with Crippen LogP contribution in [0.1, 0.15) is 50.5 Å². The van der Waals surface area contributed by atoms with Crippen LogP contribution in [0, 0.1) is 0 Å².